The van der Waals surface area contributed by atoms with Gasteiger partial charge in [-0.3, -0.25) is 4.79 Å². The molecule has 0 aromatic carbocycles. The van der Waals surface area contributed by atoms with E-state index in [2.05, 4.69) is 5.32 Å². The first-order valence-electron chi connectivity index (χ1n) is 5.84. The number of hydrogen-bond donors (Lipinski definition) is 2. The summed E-state index contributed by atoms with van der Waals surface area (Å²) in [5, 5.41) is 14.7. The molecule has 2 N–H and O–H groups in total. The second kappa shape index (κ2) is 5.86. The standard InChI is InChI=1S/C14H15NO3S/c1-14(17,12-5-2-8-18-12)10-15-13(16)7-6-11-4-3-9-19-11/h2-9,17H,10H2,1H3,(H,15,16)/b7-6+/t14-/m1/s1. The van der Waals surface area contributed by atoms with Crippen LogP contribution in [0.4, 0.5) is 0 Å². The summed E-state index contributed by atoms with van der Waals surface area (Å²) in [5.41, 5.74) is -1.21. The molecular weight excluding hydrogens is 262 g/mol. The van der Waals surface area contributed by atoms with Crippen LogP contribution < -0.4 is 5.32 Å². The monoisotopic (exact) mass is 277 g/mol. The number of carbonyl (C=O) groups is 1. The molecule has 5 heteroatoms. The van der Waals surface area contributed by atoms with E-state index in [9.17, 15) is 9.90 Å². The fourth-order valence-corrected chi connectivity index (χ4v) is 2.15. The largest absolute Gasteiger partial charge is 0.466 e. The van der Waals surface area contributed by atoms with Crippen LogP contribution in [0.2, 0.25) is 0 Å². The Labute approximate surface area is 115 Å². The predicted octanol–water partition coefficient (Wildman–Crippen LogP) is 2.38. The van der Waals surface area contributed by atoms with Crippen molar-refractivity contribution in [2.45, 2.75) is 12.5 Å². The van der Waals surface area contributed by atoms with Crippen molar-refractivity contribution in [1.29, 1.82) is 0 Å². The van der Waals surface area contributed by atoms with Gasteiger partial charge in [0.05, 0.1) is 12.8 Å². The molecule has 0 aliphatic rings. The average molecular weight is 277 g/mol. The number of rotatable bonds is 5. The van der Waals surface area contributed by atoms with E-state index >= 15 is 0 Å². The number of hydrogen-bond acceptors (Lipinski definition) is 4. The highest BCUT2D eigenvalue weighted by atomic mass is 32.1. The minimum atomic E-state index is -1.21. The number of amides is 1. The number of thiophene rings is 1. The van der Waals surface area contributed by atoms with Crippen molar-refractivity contribution >= 4 is 23.3 Å². The minimum Gasteiger partial charge on any atom is -0.466 e. The van der Waals surface area contributed by atoms with Gasteiger partial charge in [0.15, 0.2) is 0 Å². The van der Waals surface area contributed by atoms with Crippen LogP contribution in [0.5, 0.6) is 0 Å². The molecule has 0 unspecified atom stereocenters. The Balaban J connectivity index is 1.87. The van der Waals surface area contributed by atoms with Gasteiger partial charge in [0.25, 0.3) is 0 Å². The molecule has 2 heterocycles. The molecule has 0 aliphatic heterocycles. The second-order valence-corrected chi connectivity index (χ2v) is 5.30. The number of aliphatic hydroxyl groups is 1. The molecule has 19 heavy (non-hydrogen) atoms. The molecule has 0 fully saturated rings. The van der Waals surface area contributed by atoms with Gasteiger partial charge in [-0.05, 0) is 36.6 Å². The Bertz CT molecular complexity index is 541. The lowest BCUT2D eigenvalue weighted by Crippen LogP contribution is -2.37. The first kappa shape index (κ1) is 13.6. The predicted molar refractivity (Wildman–Crippen MR) is 74.6 cm³/mol. The van der Waals surface area contributed by atoms with E-state index in [0.717, 1.165) is 4.88 Å². The lowest BCUT2D eigenvalue weighted by atomic mass is 10.0. The van der Waals surface area contributed by atoms with Gasteiger partial charge in [-0.25, -0.2) is 0 Å². The fourth-order valence-electron chi connectivity index (χ4n) is 1.53. The highest BCUT2D eigenvalue weighted by Crippen LogP contribution is 2.19. The van der Waals surface area contributed by atoms with Crippen LogP contribution in [-0.4, -0.2) is 17.6 Å². The molecule has 4 nitrogen and oxygen atoms in total. The molecule has 1 atom stereocenters. The average Bonchev–Trinajstić information content (AvgIpc) is 3.06. The maximum atomic E-state index is 11.6. The van der Waals surface area contributed by atoms with Crippen molar-refractivity contribution in [3.05, 3.63) is 52.6 Å². The zero-order valence-corrected chi connectivity index (χ0v) is 11.3. The van der Waals surface area contributed by atoms with E-state index in [0.29, 0.717) is 5.76 Å². The summed E-state index contributed by atoms with van der Waals surface area (Å²) in [6, 6.07) is 7.22. The van der Waals surface area contributed by atoms with Crippen LogP contribution in [0.25, 0.3) is 6.08 Å². The molecule has 0 bridgehead atoms. The van der Waals surface area contributed by atoms with Crippen molar-refractivity contribution in [3.63, 3.8) is 0 Å². The summed E-state index contributed by atoms with van der Waals surface area (Å²) in [7, 11) is 0. The lowest BCUT2D eigenvalue weighted by Gasteiger charge is -2.20. The molecule has 0 radical (unpaired) electrons. The lowest BCUT2D eigenvalue weighted by molar-refractivity contribution is -0.117. The molecule has 0 spiro atoms. The maximum Gasteiger partial charge on any atom is 0.244 e. The van der Waals surface area contributed by atoms with Crippen LogP contribution in [0, 0.1) is 0 Å². The normalized spacial score (nSPS) is 14.4. The minimum absolute atomic E-state index is 0.0914. The molecule has 100 valence electrons. The van der Waals surface area contributed by atoms with E-state index in [1.807, 2.05) is 17.5 Å². The molecule has 0 saturated heterocycles. The zero-order valence-electron chi connectivity index (χ0n) is 10.5. The molecule has 2 rings (SSSR count). The van der Waals surface area contributed by atoms with E-state index in [4.69, 9.17) is 4.42 Å². The molecule has 1 amide bonds. The topological polar surface area (TPSA) is 62.5 Å². The molecule has 0 aliphatic carbocycles. The van der Waals surface area contributed by atoms with E-state index < -0.39 is 5.60 Å². The van der Waals surface area contributed by atoms with Gasteiger partial charge in [0.1, 0.15) is 11.4 Å². The van der Waals surface area contributed by atoms with Crippen LogP contribution in [0.15, 0.2) is 46.4 Å². The fraction of sp³-hybridized carbons (Fsp3) is 0.214. The van der Waals surface area contributed by atoms with Crippen molar-refractivity contribution in [1.82, 2.24) is 5.32 Å². The van der Waals surface area contributed by atoms with Gasteiger partial charge in [-0.15, -0.1) is 11.3 Å². The highest BCUT2D eigenvalue weighted by Gasteiger charge is 2.26. The van der Waals surface area contributed by atoms with Crippen LogP contribution in [0.3, 0.4) is 0 Å². The van der Waals surface area contributed by atoms with Gasteiger partial charge in [0, 0.05) is 11.0 Å². The molecule has 2 aromatic heterocycles. The Morgan fingerprint density at radius 3 is 3.00 bits per heavy atom. The van der Waals surface area contributed by atoms with Crippen LogP contribution in [-0.2, 0) is 10.4 Å². The van der Waals surface area contributed by atoms with Gasteiger partial charge in [-0.2, -0.15) is 0 Å². The van der Waals surface area contributed by atoms with E-state index in [1.54, 1.807) is 36.5 Å². The Morgan fingerprint density at radius 1 is 1.53 bits per heavy atom. The van der Waals surface area contributed by atoms with Crippen molar-refractivity contribution in [2.75, 3.05) is 6.54 Å². The quantitative estimate of drug-likeness (QED) is 0.825. The highest BCUT2D eigenvalue weighted by molar-refractivity contribution is 7.10. The van der Waals surface area contributed by atoms with Crippen LogP contribution in [0.1, 0.15) is 17.6 Å². The van der Waals surface area contributed by atoms with Gasteiger partial charge >= 0.3 is 0 Å². The summed E-state index contributed by atoms with van der Waals surface area (Å²) in [4.78, 5) is 12.6. The number of furan rings is 1. The van der Waals surface area contributed by atoms with E-state index in [1.165, 1.54) is 12.3 Å². The Morgan fingerprint density at radius 2 is 2.37 bits per heavy atom. The Kier molecular flexibility index (Phi) is 4.19. The van der Waals surface area contributed by atoms with Gasteiger partial charge in [-0.1, -0.05) is 6.07 Å². The zero-order chi connectivity index (χ0) is 13.7. The van der Waals surface area contributed by atoms with Gasteiger partial charge < -0.3 is 14.8 Å². The third-order valence-corrected chi connectivity index (χ3v) is 3.44. The van der Waals surface area contributed by atoms with Crippen molar-refractivity contribution in [3.8, 4) is 0 Å². The maximum absolute atomic E-state index is 11.6. The number of nitrogens with one attached hydrogen (secondary N) is 1. The first-order chi connectivity index (χ1) is 9.08. The summed E-state index contributed by atoms with van der Waals surface area (Å²) < 4.78 is 5.13. The third-order valence-electron chi connectivity index (χ3n) is 2.60. The third kappa shape index (κ3) is 3.81. The van der Waals surface area contributed by atoms with E-state index in [-0.39, 0.29) is 12.5 Å². The summed E-state index contributed by atoms with van der Waals surface area (Å²) in [5.74, 6) is 0.176. The first-order valence-corrected chi connectivity index (χ1v) is 6.72. The van der Waals surface area contributed by atoms with Crippen LogP contribution >= 0.6 is 11.3 Å². The van der Waals surface area contributed by atoms with Gasteiger partial charge in [0.2, 0.25) is 5.91 Å². The summed E-state index contributed by atoms with van der Waals surface area (Å²) in [6.07, 6.45) is 4.67. The van der Waals surface area contributed by atoms with Crippen molar-refractivity contribution in [2.24, 2.45) is 0 Å². The summed E-state index contributed by atoms with van der Waals surface area (Å²) in [6.45, 7) is 1.68. The smallest absolute Gasteiger partial charge is 0.244 e. The summed E-state index contributed by atoms with van der Waals surface area (Å²) >= 11 is 1.56. The SMILES string of the molecule is C[C@@](O)(CNC(=O)/C=C/c1cccs1)c1ccco1. The second-order valence-electron chi connectivity index (χ2n) is 4.32. The number of carbonyl (C=O) groups excluding carboxylic acids is 1. The Hall–Kier alpha value is -1.85. The molecular formula is C14H15NO3S. The molecule has 0 saturated carbocycles. The molecule has 2 aromatic rings. The van der Waals surface area contributed by atoms with Crippen molar-refractivity contribution < 1.29 is 14.3 Å².